The van der Waals surface area contributed by atoms with Crippen LogP contribution in [-0.4, -0.2) is 18.2 Å². The van der Waals surface area contributed by atoms with Crippen molar-refractivity contribution in [3.05, 3.63) is 95.1 Å². The van der Waals surface area contributed by atoms with Gasteiger partial charge in [0.05, 0.1) is 12.7 Å². The van der Waals surface area contributed by atoms with E-state index in [1.807, 2.05) is 60.7 Å². The molecule has 0 amide bonds. The van der Waals surface area contributed by atoms with Gasteiger partial charge in [0.15, 0.2) is 0 Å². The van der Waals surface area contributed by atoms with Crippen LogP contribution in [0.25, 0.3) is 0 Å². The van der Waals surface area contributed by atoms with E-state index >= 15 is 0 Å². The number of carbonyl (C=O) groups is 1. The van der Waals surface area contributed by atoms with Crippen molar-refractivity contribution in [2.24, 2.45) is 0 Å². The largest absolute Gasteiger partial charge is 0.497 e. The second-order valence-electron chi connectivity index (χ2n) is 6.56. The minimum atomic E-state index is -0.882. The van der Waals surface area contributed by atoms with Crippen LogP contribution in [0.3, 0.4) is 0 Å². The van der Waals surface area contributed by atoms with Crippen molar-refractivity contribution >= 4 is 5.97 Å². The molecule has 0 unspecified atom stereocenters. The van der Waals surface area contributed by atoms with Gasteiger partial charge >= 0.3 is 5.97 Å². The fourth-order valence-electron chi connectivity index (χ4n) is 3.15. The van der Waals surface area contributed by atoms with Gasteiger partial charge in [0.25, 0.3) is 0 Å². The maximum absolute atomic E-state index is 11.4. The zero-order chi connectivity index (χ0) is 19.8. The van der Waals surface area contributed by atoms with Crippen LogP contribution >= 0.6 is 0 Å². The normalized spacial score (nSPS) is 10.5. The van der Waals surface area contributed by atoms with E-state index in [0.717, 1.165) is 41.0 Å². The van der Waals surface area contributed by atoms with Gasteiger partial charge in [-0.05, 0) is 48.1 Å². The third-order valence-corrected chi connectivity index (χ3v) is 4.65. The molecule has 0 aromatic heterocycles. The van der Waals surface area contributed by atoms with Crippen LogP contribution in [-0.2, 0) is 19.4 Å². The molecule has 0 radical (unpaired) electrons. The predicted molar refractivity (Wildman–Crippen MR) is 109 cm³/mol. The summed E-state index contributed by atoms with van der Waals surface area (Å²) in [5.41, 5.74) is 3.42. The van der Waals surface area contributed by atoms with Crippen molar-refractivity contribution in [2.45, 2.75) is 25.9 Å². The fraction of sp³-hybridized carbons (Fsp3) is 0.208. The summed E-state index contributed by atoms with van der Waals surface area (Å²) in [5.74, 6) is 0.671. The summed E-state index contributed by atoms with van der Waals surface area (Å²) < 4.78 is 11.4. The molecule has 0 saturated heterocycles. The zero-order valence-corrected chi connectivity index (χ0v) is 15.9. The third kappa shape index (κ3) is 5.13. The number of ether oxygens (including phenoxy) is 2. The van der Waals surface area contributed by atoms with E-state index in [4.69, 9.17) is 9.47 Å². The third-order valence-electron chi connectivity index (χ3n) is 4.65. The molecule has 3 rings (SSSR count). The highest BCUT2D eigenvalue weighted by Crippen LogP contribution is 2.27. The molecule has 4 nitrogen and oxygen atoms in total. The SMILES string of the molecule is COc1ccc(CCCc2ccccc2C(=O)O)c(OCc2ccccc2)c1. The zero-order valence-electron chi connectivity index (χ0n) is 15.9. The van der Waals surface area contributed by atoms with E-state index in [0.29, 0.717) is 18.6 Å². The number of aromatic carboxylic acids is 1. The number of benzene rings is 3. The molecular formula is C24H24O4. The van der Waals surface area contributed by atoms with Crippen LogP contribution < -0.4 is 9.47 Å². The quantitative estimate of drug-likeness (QED) is 0.561. The number of hydrogen-bond acceptors (Lipinski definition) is 3. The van der Waals surface area contributed by atoms with Gasteiger partial charge in [0.1, 0.15) is 18.1 Å². The molecule has 0 bridgehead atoms. The average molecular weight is 376 g/mol. The predicted octanol–water partition coefficient (Wildman–Crippen LogP) is 5.15. The summed E-state index contributed by atoms with van der Waals surface area (Å²) in [5, 5.41) is 9.33. The van der Waals surface area contributed by atoms with Gasteiger partial charge in [-0.3, -0.25) is 0 Å². The lowest BCUT2D eigenvalue weighted by molar-refractivity contribution is 0.0695. The molecular weight excluding hydrogens is 352 g/mol. The maximum atomic E-state index is 11.4. The van der Waals surface area contributed by atoms with Crippen LogP contribution in [0, 0.1) is 0 Å². The van der Waals surface area contributed by atoms with Gasteiger partial charge in [0.2, 0.25) is 0 Å². The first-order valence-corrected chi connectivity index (χ1v) is 9.32. The summed E-state index contributed by atoms with van der Waals surface area (Å²) in [7, 11) is 1.64. The Morgan fingerprint density at radius 3 is 2.36 bits per heavy atom. The van der Waals surface area contributed by atoms with Crippen molar-refractivity contribution in [1.29, 1.82) is 0 Å². The molecule has 0 spiro atoms. The van der Waals surface area contributed by atoms with E-state index in [-0.39, 0.29) is 0 Å². The highest BCUT2D eigenvalue weighted by atomic mass is 16.5. The van der Waals surface area contributed by atoms with Crippen molar-refractivity contribution in [3.63, 3.8) is 0 Å². The molecule has 0 aliphatic heterocycles. The minimum absolute atomic E-state index is 0.373. The van der Waals surface area contributed by atoms with E-state index in [1.54, 1.807) is 19.2 Å². The molecule has 3 aromatic rings. The number of methoxy groups -OCH3 is 1. The first kappa shape index (κ1) is 19.5. The van der Waals surface area contributed by atoms with Crippen molar-refractivity contribution < 1.29 is 19.4 Å². The van der Waals surface area contributed by atoms with Gasteiger partial charge in [-0.2, -0.15) is 0 Å². The fourth-order valence-corrected chi connectivity index (χ4v) is 3.15. The number of carboxylic acid groups (broad SMARTS) is 1. The van der Waals surface area contributed by atoms with Gasteiger partial charge in [0, 0.05) is 6.07 Å². The molecule has 0 atom stereocenters. The molecule has 144 valence electrons. The maximum Gasteiger partial charge on any atom is 0.335 e. The summed E-state index contributed by atoms with van der Waals surface area (Å²) in [6, 6.07) is 23.0. The Morgan fingerprint density at radius 1 is 0.893 bits per heavy atom. The summed E-state index contributed by atoms with van der Waals surface area (Å²) in [4.78, 5) is 11.4. The van der Waals surface area contributed by atoms with E-state index in [9.17, 15) is 9.90 Å². The van der Waals surface area contributed by atoms with E-state index in [1.165, 1.54) is 0 Å². The minimum Gasteiger partial charge on any atom is -0.497 e. The molecule has 0 saturated carbocycles. The molecule has 0 heterocycles. The van der Waals surface area contributed by atoms with Crippen LogP contribution in [0.15, 0.2) is 72.8 Å². The Morgan fingerprint density at radius 2 is 1.61 bits per heavy atom. The molecule has 0 aliphatic carbocycles. The number of rotatable bonds is 9. The number of hydrogen-bond donors (Lipinski definition) is 1. The van der Waals surface area contributed by atoms with Crippen LogP contribution in [0.4, 0.5) is 0 Å². The molecule has 0 fully saturated rings. The Kier molecular flexibility index (Phi) is 6.68. The number of carboxylic acids is 1. The van der Waals surface area contributed by atoms with E-state index in [2.05, 4.69) is 0 Å². The van der Waals surface area contributed by atoms with Gasteiger partial charge in [-0.25, -0.2) is 4.79 Å². The molecule has 28 heavy (non-hydrogen) atoms. The Balaban J connectivity index is 1.68. The van der Waals surface area contributed by atoms with Crippen LogP contribution in [0.1, 0.15) is 33.5 Å². The molecule has 3 aromatic carbocycles. The average Bonchev–Trinajstić information content (AvgIpc) is 2.73. The van der Waals surface area contributed by atoms with Gasteiger partial charge in [-0.15, -0.1) is 0 Å². The topological polar surface area (TPSA) is 55.8 Å². The Hall–Kier alpha value is -3.27. The second-order valence-corrected chi connectivity index (χ2v) is 6.56. The van der Waals surface area contributed by atoms with E-state index < -0.39 is 5.97 Å². The summed E-state index contributed by atoms with van der Waals surface area (Å²) >= 11 is 0. The first-order valence-electron chi connectivity index (χ1n) is 9.32. The van der Waals surface area contributed by atoms with Crippen molar-refractivity contribution in [1.82, 2.24) is 0 Å². The number of aryl methyl sites for hydroxylation is 2. The second kappa shape index (κ2) is 9.60. The standard InChI is InChI=1S/C24H24O4/c1-27-21-15-14-20(23(16-21)28-17-18-8-3-2-4-9-18)12-7-11-19-10-5-6-13-22(19)24(25)26/h2-6,8-10,13-16H,7,11-12,17H2,1H3,(H,25,26). The molecule has 4 heteroatoms. The highest BCUT2D eigenvalue weighted by molar-refractivity contribution is 5.89. The van der Waals surface area contributed by atoms with Gasteiger partial charge in [-0.1, -0.05) is 54.6 Å². The van der Waals surface area contributed by atoms with Crippen LogP contribution in [0.2, 0.25) is 0 Å². The monoisotopic (exact) mass is 376 g/mol. The Labute approximate surface area is 165 Å². The van der Waals surface area contributed by atoms with Crippen molar-refractivity contribution in [3.8, 4) is 11.5 Å². The lowest BCUT2D eigenvalue weighted by Crippen LogP contribution is -2.03. The van der Waals surface area contributed by atoms with Gasteiger partial charge < -0.3 is 14.6 Å². The highest BCUT2D eigenvalue weighted by Gasteiger charge is 2.10. The summed E-state index contributed by atoms with van der Waals surface area (Å²) in [6.45, 7) is 0.489. The molecule has 1 N–H and O–H groups in total. The lowest BCUT2D eigenvalue weighted by Gasteiger charge is -2.14. The Bertz CT molecular complexity index is 919. The van der Waals surface area contributed by atoms with Crippen LogP contribution in [0.5, 0.6) is 11.5 Å². The lowest BCUT2D eigenvalue weighted by atomic mass is 9.99. The smallest absolute Gasteiger partial charge is 0.335 e. The molecule has 0 aliphatic rings. The van der Waals surface area contributed by atoms with Crippen molar-refractivity contribution in [2.75, 3.05) is 7.11 Å². The first-order chi connectivity index (χ1) is 13.7. The summed E-state index contributed by atoms with van der Waals surface area (Å²) in [6.07, 6.45) is 2.33.